The van der Waals surface area contributed by atoms with Gasteiger partial charge in [-0.3, -0.25) is 9.59 Å². The number of alkyl halides is 1. The summed E-state index contributed by atoms with van der Waals surface area (Å²) in [6, 6.07) is 4.74. The molecule has 0 fully saturated rings. The maximum absolute atomic E-state index is 12.7. The Morgan fingerprint density at radius 3 is 2.46 bits per heavy atom. The van der Waals surface area contributed by atoms with Crippen LogP contribution < -0.4 is 10.9 Å². The number of amides is 1. The molecule has 2 N–H and O–H groups in total. The largest absolute Gasteiger partial charge is 0.480 e. The first-order valence-electron chi connectivity index (χ1n) is 7.44. The van der Waals surface area contributed by atoms with Crippen LogP contribution >= 0.6 is 0 Å². The number of benzene rings is 1. The SMILES string of the molecule is CC(C)Cn1nc(C(=O)NC(CF)C(=O)O)c2ccccc2c1=O. The first kappa shape index (κ1) is 17.6. The number of nitrogens with zero attached hydrogens (tertiary/aromatic N) is 2. The summed E-state index contributed by atoms with van der Waals surface area (Å²) in [6.45, 7) is 2.85. The molecule has 24 heavy (non-hydrogen) atoms. The Hall–Kier alpha value is -2.77. The summed E-state index contributed by atoms with van der Waals surface area (Å²) in [5.74, 6) is -2.20. The molecule has 1 heterocycles. The van der Waals surface area contributed by atoms with Gasteiger partial charge in [-0.2, -0.15) is 5.10 Å². The highest BCUT2D eigenvalue weighted by molar-refractivity contribution is 6.05. The van der Waals surface area contributed by atoms with Crippen LogP contribution in [0.1, 0.15) is 24.3 Å². The number of hydrogen-bond donors (Lipinski definition) is 2. The number of halogens is 1. The van der Waals surface area contributed by atoms with Crippen LogP contribution in [0.4, 0.5) is 4.39 Å². The number of carbonyl (C=O) groups is 2. The van der Waals surface area contributed by atoms with E-state index in [1.54, 1.807) is 24.3 Å². The minimum absolute atomic E-state index is 0.106. The predicted octanol–water partition coefficient (Wildman–Crippen LogP) is 1.20. The van der Waals surface area contributed by atoms with E-state index in [4.69, 9.17) is 5.11 Å². The average molecular weight is 335 g/mol. The molecule has 8 heteroatoms. The first-order chi connectivity index (χ1) is 11.3. The van der Waals surface area contributed by atoms with Crippen molar-refractivity contribution < 1.29 is 19.1 Å². The normalized spacial score (nSPS) is 12.3. The number of nitrogens with one attached hydrogen (secondary N) is 1. The zero-order valence-electron chi connectivity index (χ0n) is 13.3. The van der Waals surface area contributed by atoms with E-state index in [2.05, 4.69) is 10.4 Å². The summed E-state index contributed by atoms with van der Waals surface area (Å²) in [5, 5.41) is 15.6. The van der Waals surface area contributed by atoms with Crippen LogP contribution in [0.25, 0.3) is 10.8 Å². The molecule has 7 nitrogen and oxygen atoms in total. The minimum Gasteiger partial charge on any atom is -0.480 e. The van der Waals surface area contributed by atoms with Crippen molar-refractivity contribution in [1.82, 2.24) is 15.1 Å². The van der Waals surface area contributed by atoms with Gasteiger partial charge in [0.2, 0.25) is 0 Å². The van der Waals surface area contributed by atoms with Crippen LogP contribution in [0.2, 0.25) is 0 Å². The lowest BCUT2D eigenvalue weighted by atomic mass is 10.1. The summed E-state index contributed by atoms with van der Waals surface area (Å²) in [7, 11) is 0. The predicted molar refractivity (Wildman–Crippen MR) is 85.7 cm³/mol. The number of aliphatic carboxylic acids is 1. The number of aromatic nitrogens is 2. The van der Waals surface area contributed by atoms with Gasteiger partial charge in [0.05, 0.1) is 5.39 Å². The number of rotatable bonds is 6. The number of hydrogen-bond acceptors (Lipinski definition) is 4. The van der Waals surface area contributed by atoms with Crippen molar-refractivity contribution >= 4 is 22.6 Å². The molecule has 2 rings (SSSR count). The molecule has 0 aliphatic carbocycles. The summed E-state index contributed by atoms with van der Waals surface area (Å²) in [5.41, 5.74) is -0.443. The Bertz CT molecular complexity index is 832. The van der Waals surface area contributed by atoms with E-state index >= 15 is 0 Å². The topological polar surface area (TPSA) is 101 Å². The second-order valence-corrected chi connectivity index (χ2v) is 5.79. The molecule has 128 valence electrons. The molecule has 1 unspecified atom stereocenters. The van der Waals surface area contributed by atoms with E-state index in [0.29, 0.717) is 17.3 Å². The van der Waals surface area contributed by atoms with Crippen LogP contribution in [0.15, 0.2) is 29.1 Å². The van der Waals surface area contributed by atoms with Crippen LogP contribution in [0, 0.1) is 5.92 Å². The Labute approximate surface area is 137 Å². The van der Waals surface area contributed by atoms with Crippen LogP contribution in [-0.2, 0) is 11.3 Å². The van der Waals surface area contributed by atoms with Crippen LogP contribution in [0.3, 0.4) is 0 Å². The van der Waals surface area contributed by atoms with Crippen molar-refractivity contribution in [3.63, 3.8) is 0 Å². The highest BCUT2D eigenvalue weighted by atomic mass is 19.1. The fourth-order valence-electron chi connectivity index (χ4n) is 2.27. The number of carboxylic acids is 1. The lowest BCUT2D eigenvalue weighted by Gasteiger charge is -2.14. The lowest BCUT2D eigenvalue weighted by Crippen LogP contribution is -2.43. The number of fused-ring (bicyclic) bond motifs is 1. The van der Waals surface area contributed by atoms with Gasteiger partial charge in [0.25, 0.3) is 11.5 Å². The van der Waals surface area contributed by atoms with Gasteiger partial charge in [0.1, 0.15) is 6.67 Å². The smallest absolute Gasteiger partial charge is 0.328 e. The highest BCUT2D eigenvalue weighted by Gasteiger charge is 2.23. The molecule has 1 aromatic heterocycles. The second-order valence-electron chi connectivity index (χ2n) is 5.79. The third kappa shape index (κ3) is 3.58. The van der Waals surface area contributed by atoms with Crippen molar-refractivity contribution in [2.75, 3.05) is 6.67 Å². The van der Waals surface area contributed by atoms with Gasteiger partial charge in [-0.05, 0) is 12.0 Å². The van der Waals surface area contributed by atoms with Crippen LogP contribution in [0.5, 0.6) is 0 Å². The van der Waals surface area contributed by atoms with Gasteiger partial charge in [0.15, 0.2) is 11.7 Å². The molecule has 0 aliphatic rings. The van der Waals surface area contributed by atoms with Gasteiger partial charge in [-0.15, -0.1) is 0 Å². The quantitative estimate of drug-likeness (QED) is 0.826. The zero-order valence-corrected chi connectivity index (χ0v) is 13.3. The third-order valence-corrected chi connectivity index (χ3v) is 3.38. The first-order valence-corrected chi connectivity index (χ1v) is 7.44. The van der Waals surface area contributed by atoms with E-state index in [1.165, 1.54) is 4.68 Å². The van der Waals surface area contributed by atoms with Gasteiger partial charge >= 0.3 is 5.97 Å². The third-order valence-electron chi connectivity index (χ3n) is 3.38. The molecule has 1 aromatic carbocycles. The van der Waals surface area contributed by atoms with Gasteiger partial charge in [0, 0.05) is 11.9 Å². The lowest BCUT2D eigenvalue weighted by molar-refractivity contribution is -0.139. The molecular formula is C16H18FN3O4. The van der Waals surface area contributed by atoms with Gasteiger partial charge in [-0.1, -0.05) is 32.0 Å². The summed E-state index contributed by atoms with van der Waals surface area (Å²) in [4.78, 5) is 35.7. The van der Waals surface area contributed by atoms with E-state index in [0.717, 1.165) is 0 Å². The number of carbonyl (C=O) groups excluding carboxylic acids is 1. The Morgan fingerprint density at radius 1 is 1.29 bits per heavy atom. The Balaban J connectivity index is 2.56. The maximum Gasteiger partial charge on any atom is 0.328 e. The second kappa shape index (κ2) is 7.20. The standard InChI is InChI=1S/C16H18FN3O4/c1-9(2)8-20-15(22)11-6-4-3-5-10(11)13(19-20)14(21)18-12(7-17)16(23)24/h3-6,9,12H,7-8H2,1-2H3,(H,18,21)(H,23,24). The van der Waals surface area contributed by atoms with Crippen molar-refractivity contribution in [2.24, 2.45) is 5.92 Å². The molecule has 0 saturated carbocycles. The molecule has 1 atom stereocenters. The van der Waals surface area contributed by atoms with E-state index < -0.39 is 24.6 Å². The molecule has 0 spiro atoms. The Morgan fingerprint density at radius 2 is 1.92 bits per heavy atom. The van der Waals surface area contributed by atoms with Crippen LogP contribution in [-0.4, -0.2) is 39.5 Å². The van der Waals surface area contributed by atoms with Crippen molar-refractivity contribution in [2.45, 2.75) is 26.4 Å². The summed E-state index contributed by atoms with van der Waals surface area (Å²) < 4.78 is 13.9. The highest BCUT2D eigenvalue weighted by Crippen LogP contribution is 2.14. The summed E-state index contributed by atoms with van der Waals surface area (Å²) in [6.07, 6.45) is 0. The Kier molecular flexibility index (Phi) is 5.28. The molecule has 1 amide bonds. The van der Waals surface area contributed by atoms with Gasteiger partial charge in [-0.25, -0.2) is 13.9 Å². The fourth-order valence-corrected chi connectivity index (χ4v) is 2.27. The minimum atomic E-state index is -1.66. The summed E-state index contributed by atoms with van der Waals surface area (Å²) >= 11 is 0. The van der Waals surface area contributed by atoms with E-state index in [-0.39, 0.29) is 17.2 Å². The fraction of sp³-hybridized carbons (Fsp3) is 0.375. The molecule has 0 aliphatic heterocycles. The molecule has 0 saturated heterocycles. The van der Waals surface area contributed by atoms with Gasteiger partial charge < -0.3 is 10.4 Å². The molecular weight excluding hydrogens is 317 g/mol. The average Bonchev–Trinajstić information content (AvgIpc) is 2.54. The zero-order chi connectivity index (χ0) is 17.9. The van der Waals surface area contributed by atoms with Crippen molar-refractivity contribution in [3.8, 4) is 0 Å². The molecule has 2 aromatic rings. The maximum atomic E-state index is 12.7. The molecule has 0 bridgehead atoms. The number of carboxylic acid groups (broad SMARTS) is 1. The van der Waals surface area contributed by atoms with E-state index in [9.17, 15) is 18.8 Å². The van der Waals surface area contributed by atoms with E-state index in [1.807, 2.05) is 13.8 Å². The van der Waals surface area contributed by atoms with Crippen molar-refractivity contribution in [1.29, 1.82) is 0 Å². The van der Waals surface area contributed by atoms with Crippen molar-refractivity contribution in [3.05, 3.63) is 40.3 Å². The molecule has 0 radical (unpaired) electrons. The monoisotopic (exact) mass is 335 g/mol.